The third-order valence-corrected chi connectivity index (χ3v) is 4.97. The van der Waals surface area contributed by atoms with Gasteiger partial charge in [0.2, 0.25) is 0 Å². The number of benzene rings is 3. The zero-order valence-electron chi connectivity index (χ0n) is 15.7. The van der Waals surface area contributed by atoms with Crippen LogP contribution in [-0.4, -0.2) is 29.7 Å². The van der Waals surface area contributed by atoms with Crippen molar-refractivity contribution in [1.29, 1.82) is 0 Å². The van der Waals surface area contributed by atoms with Crippen LogP contribution in [0.25, 0.3) is 0 Å². The molecule has 3 aromatic carbocycles. The third kappa shape index (κ3) is 4.12. The van der Waals surface area contributed by atoms with E-state index in [2.05, 4.69) is 34.6 Å². The van der Waals surface area contributed by atoms with E-state index in [1.165, 1.54) is 0 Å². The average Bonchev–Trinajstić information content (AvgIpc) is 3.26. The maximum Gasteiger partial charge on any atom is 0.251 e. The predicted molar refractivity (Wildman–Crippen MR) is 112 cm³/mol. The molecule has 1 N–H and O–H groups in total. The molecule has 0 unspecified atom stereocenters. The summed E-state index contributed by atoms with van der Waals surface area (Å²) in [6.45, 7) is 1.34. The summed E-state index contributed by atoms with van der Waals surface area (Å²) in [6.07, 6.45) is 0.903. The molecule has 4 rings (SSSR count). The van der Waals surface area contributed by atoms with Crippen molar-refractivity contribution >= 4 is 11.6 Å². The molecule has 1 atom stereocenters. The van der Waals surface area contributed by atoms with E-state index < -0.39 is 0 Å². The smallest absolute Gasteiger partial charge is 0.251 e. The van der Waals surface area contributed by atoms with Crippen molar-refractivity contribution in [2.24, 2.45) is 5.10 Å². The van der Waals surface area contributed by atoms with E-state index >= 15 is 0 Å². The van der Waals surface area contributed by atoms with Crippen LogP contribution in [0, 0.1) is 0 Å². The maximum absolute atomic E-state index is 12.5. The lowest BCUT2D eigenvalue weighted by Crippen LogP contribution is -2.35. The fourth-order valence-electron chi connectivity index (χ4n) is 3.49. The Balaban J connectivity index is 1.53. The lowest BCUT2D eigenvalue weighted by atomic mass is 10.1. The van der Waals surface area contributed by atoms with Gasteiger partial charge in [-0.25, -0.2) is 0 Å². The van der Waals surface area contributed by atoms with Crippen LogP contribution in [-0.2, 0) is 0 Å². The molecule has 4 nitrogen and oxygen atoms in total. The average molecular weight is 369 g/mol. The molecule has 0 aliphatic carbocycles. The van der Waals surface area contributed by atoms with Crippen LogP contribution in [0.3, 0.4) is 0 Å². The molecule has 4 heteroatoms. The summed E-state index contributed by atoms with van der Waals surface area (Å²) in [5.41, 5.74) is 4.07. The van der Waals surface area contributed by atoms with Gasteiger partial charge in [-0.05, 0) is 23.3 Å². The summed E-state index contributed by atoms with van der Waals surface area (Å²) in [7, 11) is 0. The normalized spacial score (nSPS) is 14.4. The van der Waals surface area contributed by atoms with Gasteiger partial charge in [-0.15, -0.1) is 0 Å². The largest absolute Gasteiger partial charge is 0.350 e. The molecule has 1 aliphatic heterocycles. The first-order valence-corrected chi connectivity index (χ1v) is 9.59. The molecule has 3 aromatic rings. The Labute approximate surface area is 165 Å². The first-order chi connectivity index (χ1) is 13.8. The summed E-state index contributed by atoms with van der Waals surface area (Å²) in [6, 6.07) is 29.8. The molecule has 0 saturated heterocycles. The molecule has 1 amide bonds. The van der Waals surface area contributed by atoms with Crippen LogP contribution < -0.4 is 5.32 Å². The Hall–Kier alpha value is -3.40. The summed E-state index contributed by atoms with van der Waals surface area (Å²) < 4.78 is 0. The minimum absolute atomic E-state index is 0.00456. The summed E-state index contributed by atoms with van der Waals surface area (Å²) in [5, 5.41) is 10.1. The molecule has 0 radical (unpaired) electrons. The van der Waals surface area contributed by atoms with Gasteiger partial charge >= 0.3 is 0 Å². The van der Waals surface area contributed by atoms with Gasteiger partial charge in [0.15, 0.2) is 0 Å². The van der Waals surface area contributed by atoms with E-state index in [-0.39, 0.29) is 11.9 Å². The molecular weight excluding hydrogens is 346 g/mol. The van der Waals surface area contributed by atoms with Crippen LogP contribution in [0.5, 0.6) is 0 Å². The fourth-order valence-corrected chi connectivity index (χ4v) is 3.49. The number of carbonyl (C=O) groups is 1. The molecule has 28 heavy (non-hydrogen) atoms. The Morgan fingerprint density at radius 3 is 2.18 bits per heavy atom. The first-order valence-electron chi connectivity index (χ1n) is 9.59. The maximum atomic E-state index is 12.5. The Morgan fingerprint density at radius 1 is 0.893 bits per heavy atom. The number of rotatable bonds is 6. The minimum atomic E-state index is -0.0620. The second kappa shape index (κ2) is 8.53. The third-order valence-electron chi connectivity index (χ3n) is 4.97. The van der Waals surface area contributed by atoms with Gasteiger partial charge in [0.25, 0.3) is 5.91 Å². The monoisotopic (exact) mass is 369 g/mol. The van der Waals surface area contributed by atoms with Gasteiger partial charge in [0.05, 0.1) is 11.8 Å². The lowest BCUT2D eigenvalue weighted by molar-refractivity contribution is 0.0936. The van der Waals surface area contributed by atoms with E-state index in [4.69, 9.17) is 5.10 Å². The second-order valence-electron chi connectivity index (χ2n) is 6.83. The highest BCUT2D eigenvalue weighted by Crippen LogP contribution is 2.25. The highest BCUT2D eigenvalue weighted by molar-refractivity contribution is 6.01. The minimum Gasteiger partial charge on any atom is -0.350 e. The molecule has 0 bridgehead atoms. The Bertz CT molecular complexity index is 939. The highest BCUT2D eigenvalue weighted by Gasteiger charge is 2.25. The molecule has 1 aliphatic rings. The van der Waals surface area contributed by atoms with Crippen molar-refractivity contribution < 1.29 is 4.79 Å². The van der Waals surface area contributed by atoms with Crippen LogP contribution >= 0.6 is 0 Å². The van der Waals surface area contributed by atoms with Crippen LogP contribution in [0.1, 0.15) is 33.9 Å². The van der Waals surface area contributed by atoms with E-state index in [1.807, 2.05) is 66.7 Å². The molecular formula is C24H23N3O. The van der Waals surface area contributed by atoms with Crippen molar-refractivity contribution in [2.45, 2.75) is 12.5 Å². The van der Waals surface area contributed by atoms with Crippen molar-refractivity contribution in [2.75, 3.05) is 13.1 Å². The Kier molecular flexibility index (Phi) is 5.48. The predicted octanol–water partition coefficient (Wildman–Crippen LogP) is 4.27. The van der Waals surface area contributed by atoms with Gasteiger partial charge in [-0.1, -0.05) is 78.9 Å². The van der Waals surface area contributed by atoms with Crippen LogP contribution in [0.2, 0.25) is 0 Å². The zero-order chi connectivity index (χ0) is 19.2. The van der Waals surface area contributed by atoms with Crippen molar-refractivity contribution in [3.8, 4) is 0 Å². The number of nitrogens with one attached hydrogen (secondary N) is 1. The highest BCUT2D eigenvalue weighted by atomic mass is 16.1. The lowest BCUT2D eigenvalue weighted by Gasteiger charge is -2.27. The summed E-state index contributed by atoms with van der Waals surface area (Å²) >= 11 is 0. The van der Waals surface area contributed by atoms with Gasteiger partial charge < -0.3 is 5.32 Å². The quantitative estimate of drug-likeness (QED) is 0.705. The zero-order valence-corrected chi connectivity index (χ0v) is 15.7. The molecule has 0 saturated carbocycles. The number of carbonyl (C=O) groups excluding carboxylic acids is 1. The fraction of sp³-hybridized carbons (Fsp3) is 0.167. The van der Waals surface area contributed by atoms with Crippen LogP contribution in [0.4, 0.5) is 0 Å². The van der Waals surface area contributed by atoms with E-state index in [0.29, 0.717) is 12.1 Å². The second-order valence-corrected chi connectivity index (χ2v) is 6.83. The molecule has 0 aromatic heterocycles. The van der Waals surface area contributed by atoms with E-state index in [1.54, 1.807) is 0 Å². The summed E-state index contributed by atoms with van der Waals surface area (Å²) in [4.78, 5) is 12.5. The number of hydrazone groups is 1. The van der Waals surface area contributed by atoms with Gasteiger partial charge in [0, 0.05) is 25.1 Å². The topological polar surface area (TPSA) is 44.7 Å². The number of hydrogen-bond donors (Lipinski definition) is 1. The standard InChI is InChI=1S/C24H23N3O/c28-24(21-14-8-3-9-15-21)25-18-23(20-12-6-2-7-13-20)27-17-16-22(26-27)19-10-4-1-5-11-19/h1-15,23H,16-18H2,(H,25,28)/t23-/m0/s1. The molecule has 0 spiro atoms. The van der Waals surface area contributed by atoms with Crippen LogP contribution in [0.15, 0.2) is 96.1 Å². The van der Waals surface area contributed by atoms with E-state index in [0.717, 1.165) is 29.8 Å². The molecule has 140 valence electrons. The van der Waals surface area contributed by atoms with Crippen molar-refractivity contribution in [3.63, 3.8) is 0 Å². The number of hydrogen-bond acceptors (Lipinski definition) is 3. The van der Waals surface area contributed by atoms with Gasteiger partial charge in [-0.3, -0.25) is 9.80 Å². The number of nitrogens with zero attached hydrogens (tertiary/aromatic N) is 2. The summed E-state index contributed by atoms with van der Waals surface area (Å²) in [5.74, 6) is -0.0620. The van der Waals surface area contributed by atoms with Gasteiger partial charge in [0.1, 0.15) is 0 Å². The van der Waals surface area contributed by atoms with Gasteiger partial charge in [-0.2, -0.15) is 5.10 Å². The first kappa shape index (κ1) is 18.0. The van der Waals surface area contributed by atoms with Crippen molar-refractivity contribution in [3.05, 3.63) is 108 Å². The van der Waals surface area contributed by atoms with Crippen molar-refractivity contribution in [1.82, 2.24) is 10.3 Å². The Morgan fingerprint density at radius 2 is 1.50 bits per heavy atom. The molecule has 1 heterocycles. The SMILES string of the molecule is O=C(NC[C@@H](c1ccccc1)N1CCC(c2ccccc2)=N1)c1ccccc1. The molecule has 0 fully saturated rings. The van der Waals surface area contributed by atoms with E-state index in [9.17, 15) is 4.79 Å². The number of amides is 1.